The highest BCUT2D eigenvalue weighted by molar-refractivity contribution is 5.51. The van der Waals surface area contributed by atoms with Crippen LogP contribution >= 0.6 is 0 Å². The molecule has 0 amide bonds. The predicted molar refractivity (Wildman–Crippen MR) is 106 cm³/mol. The standard InChI is InChI=1S/C21H26F2N4O2/c22-21(23)29-16-7-8-17-14(10-16)4-3-6-18(17)26-19-11-20(25-13-24-19)27-9-2-1-5-15(27)12-28/h7-8,10-11,13,15,18,21,28H,1-6,9,12H2,(H,24,25,26). The maximum Gasteiger partial charge on any atom is 0.387 e. The van der Waals surface area contributed by atoms with Gasteiger partial charge in [-0.25, -0.2) is 9.97 Å². The second-order valence-electron chi connectivity index (χ2n) is 7.62. The number of anilines is 2. The van der Waals surface area contributed by atoms with Gasteiger partial charge >= 0.3 is 6.61 Å². The first-order chi connectivity index (χ1) is 14.1. The fourth-order valence-electron chi connectivity index (χ4n) is 4.37. The second-order valence-corrected chi connectivity index (χ2v) is 7.62. The molecule has 2 unspecified atom stereocenters. The van der Waals surface area contributed by atoms with Gasteiger partial charge in [-0.05, 0) is 61.8 Å². The summed E-state index contributed by atoms with van der Waals surface area (Å²) in [4.78, 5) is 10.9. The fourth-order valence-corrected chi connectivity index (χ4v) is 4.37. The quantitative estimate of drug-likeness (QED) is 0.761. The molecule has 1 aliphatic heterocycles. The van der Waals surface area contributed by atoms with Crippen LogP contribution in [0, 0.1) is 0 Å². The van der Waals surface area contributed by atoms with Crippen molar-refractivity contribution in [1.82, 2.24) is 9.97 Å². The Bertz CT molecular complexity index is 836. The minimum absolute atomic E-state index is 0.0529. The number of hydrogen-bond donors (Lipinski definition) is 2. The molecule has 1 saturated heterocycles. The molecule has 2 atom stereocenters. The molecule has 1 aliphatic carbocycles. The van der Waals surface area contributed by atoms with Crippen LogP contribution in [-0.4, -0.2) is 40.9 Å². The van der Waals surface area contributed by atoms with Crippen LogP contribution in [-0.2, 0) is 6.42 Å². The van der Waals surface area contributed by atoms with Crippen LogP contribution in [0.15, 0.2) is 30.6 Å². The van der Waals surface area contributed by atoms with Crippen molar-refractivity contribution >= 4 is 11.6 Å². The maximum atomic E-state index is 12.5. The third kappa shape index (κ3) is 4.58. The Hall–Kier alpha value is -2.48. The van der Waals surface area contributed by atoms with Crippen LogP contribution in [0.25, 0.3) is 0 Å². The van der Waals surface area contributed by atoms with Gasteiger partial charge in [-0.3, -0.25) is 0 Å². The summed E-state index contributed by atoms with van der Waals surface area (Å²) in [7, 11) is 0. The molecule has 8 heteroatoms. The molecule has 2 aliphatic rings. The number of aromatic nitrogens is 2. The molecule has 6 nitrogen and oxygen atoms in total. The van der Waals surface area contributed by atoms with E-state index < -0.39 is 6.61 Å². The lowest BCUT2D eigenvalue weighted by Crippen LogP contribution is -2.42. The minimum atomic E-state index is -2.82. The van der Waals surface area contributed by atoms with Gasteiger partial charge in [0.2, 0.25) is 0 Å². The summed E-state index contributed by atoms with van der Waals surface area (Å²) in [6, 6.07) is 7.23. The van der Waals surface area contributed by atoms with Crippen molar-refractivity contribution in [2.24, 2.45) is 0 Å². The van der Waals surface area contributed by atoms with Gasteiger partial charge in [0.05, 0.1) is 18.7 Å². The van der Waals surface area contributed by atoms with E-state index in [9.17, 15) is 13.9 Å². The van der Waals surface area contributed by atoms with E-state index in [0.29, 0.717) is 0 Å². The Morgan fingerprint density at radius 3 is 2.90 bits per heavy atom. The van der Waals surface area contributed by atoms with Gasteiger partial charge in [-0.1, -0.05) is 6.07 Å². The number of piperidine rings is 1. The number of hydrogen-bond acceptors (Lipinski definition) is 6. The van der Waals surface area contributed by atoms with Gasteiger partial charge in [0, 0.05) is 12.6 Å². The highest BCUT2D eigenvalue weighted by atomic mass is 19.3. The number of ether oxygens (including phenoxy) is 1. The first-order valence-corrected chi connectivity index (χ1v) is 10.2. The third-order valence-corrected chi connectivity index (χ3v) is 5.76. The topological polar surface area (TPSA) is 70.5 Å². The first-order valence-electron chi connectivity index (χ1n) is 10.2. The number of benzene rings is 1. The van der Waals surface area contributed by atoms with Crippen molar-refractivity contribution in [3.8, 4) is 5.75 Å². The molecule has 0 spiro atoms. The summed E-state index contributed by atoms with van der Waals surface area (Å²) in [6.45, 7) is -1.82. The Morgan fingerprint density at radius 2 is 2.07 bits per heavy atom. The molecule has 0 radical (unpaired) electrons. The van der Waals surface area contributed by atoms with E-state index in [-0.39, 0.29) is 24.4 Å². The van der Waals surface area contributed by atoms with Gasteiger partial charge in [0.25, 0.3) is 0 Å². The zero-order valence-corrected chi connectivity index (χ0v) is 16.2. The molecular weight excluding hydrogens is 378 g/mol. The van der Waals surface area contributed by atoms with E-state index in [0.717, 1.165) is 67.8 Å². The minimum Gasteiger partial charge on any atom is -0.435 e. The van der Waals surface area contributed by atoms with Gasteiger partial charge in [0.1, 0.15) is 23.7 Å². The summed E-state index contributed by atoms with van der Waals surface area (Å²) < 4.78 is 29.5. The SMILES string of the molecule is OCC1CCCCN1c1cc(NC2CCCc3cc(OC(F)F)ccc32)ncn1. The molecule has 2 N–H and O–H groups in total. The molecule has 2 heterocycles. The third-order valence-electron chi connectivity index (χ3n) is 5.76. The Morgan fingerprint density at radius 1 is 1.17 bits per heavy atom. The molecule has 1 aromatic heterocycles. The number of alkyl halides is 2. The van der Waals surface area contributed by atoms with Crippen LogP contribution < -0.4 is 15.0 Å². The van der Waals surface area contributed by atoms with Crippen molar-refractivity contribution in [1.29, 1.82) is 0 Å². The lowest BCUT2D eigenvalue weighted by molar-refractivity contribution is -0.0499. The lowest BCUT2D eigenvalue weighted by atomic mass is 9.87. The first kappa shape index (κ1) is 19.8. The summed E-state index contributed by atoms with van der Waals surface area (Å²) in [5.74, 6) is 1.74. The van der Waals surface area contributed by atoms with Crippen LogP contribution in [0.1, 0.15) is 49.3 Å². The summed E-state index contributed by atoms with van der Waals surface area (Å²) >= 11 is 0. The second kappa shape index (κ2) is 8.90. The zero-order chi connectivity index (χ0) is 20.2. The molecule has 156 valence electrons. The average Bonchev–Trinajstić information content (AvgIpc) is 2.73. The summed E-state index contributed by atoms with van der Waals surface area (Å²) in [6.07, 6.45) is 7.45. The van der Waals surface area contributed by atoms with Crippen molar-refractivity contribution in [2.75, 3.05) is 23.4 Å². The predicted octanol–water partition coefficient (Wildman–Crippen LogP) is 3.92. The number of fused-ring (bicyclic) bond motifs is 1. The number of nitrogens with zero attached hydrogens (tertiary/aromatic N) is 3. The van der Waals surface area contributed by atoms with E-state index in [1.807, 2.05) is 12.1 Å². The Labute approximate surface area is 168 Å². The monoisotopic (exact) mass is 404 g/mol. The van der Waals surface area contributed by atoms with E-state index in [4.69, 9.17) is 0 Å². The van der Waals surface area contributed by atoms with Gasteiger partial charge < -0.3 is 20.1 Å². The highest BCUT2D eigenvalue weighted by Gasteiger charge is 2.25. The lowest BCUT2D eigenvalue weighted by Gasteiger charge is -2.35. The van der Waals surface area contributed by atoms with E-state index in [2.05, 4.69) is 24.9 Å². The number of nitrogens with one attached hydrogen (secondary N) is 1. The van der Waals surface area contributed by atoms with Crippen LogP contribution in [0.4, 0.5) is 20.4 Å². The summed E-state index contributed by atoms with van der Waals surface area (Å²) in [5, 5.41) is 13.2. The number of aliphatic hydroxyl groups excluding tert-OH is 1. The van der Waals surface area contributed by atoms with Gasteiger partial charge in [0.15, 0.2) is 0 Å². The largest absolute Gasteiger partial charge is 0.435 e. The number of aliphatic hydroxyl groups is 1. The molecule has 0 bridgehead atoms. The normalized spacial score (nSPS) is 21.7. The molecule has 29 heavy (non-hydrogen) atoms. The molecule has 2 aromatic rings. The molecule has 1 fully saturated rings. The van der Waals surface area contributed by atoms with Gasteiger partial charge in [-0.15, -0.1) is 0 Å². The van der Waals surface area contributed by atoms with Crippen LogP contribution in [0.5, 0.6) is 5.75 Å². The van der Waals surface area contributed by atoms with Crippen molar-refractivity contribution < 1.29 is 18.6 Å². The number of halogens is 2. The van der Waals surface area contributed by atoms with Crippen molar-refractivity contribution in [2.45, 2.75) is 57.2 Å². The Kier molecular flexibility index (Phi) is 6.08. The molecular formula is C21H26F2N4O2. The van der Waals surface area contributed by atoms with Crippen LogP contribution in [0.3, 0.4) is 0 Å². The zero-order valence-electron chi connectivity index (χ0n) is 16.2. The van der Waals surface area contributed by atoms with Crippen molar-refractivity contribution in [3.63, 3.8) is 0 Å². The highest BCUT2D eigenvalue weighted by Crippen LogP contribution is 2.35. The Balaban J connectivity index is 1.52. The molecule has 0 saturated carbocycles. The van der Waals surface area contributed by atoms with E-state index in [1.165, 1.54) is 0 Å². The van der Waals surface area contributed by atoms with Gasteiger partial charge in [-0.2, -0.15) is 8.78 Å². The number of rotatable bonds is 6. The smallest absolute Gasteiger partial charge is 0.387 e. The number of aryl methyl sites for hydroxylation is 1. The molecule has 4 rings (SSSR count). The van der Waals surface area contributed by atoms with E-state index >= 15 is 0 Å². The molecule has 1 aromatic carbocycles. The maximum absolute atomic E-state index is 12.5. The fraction of sp³-hybridized carbons (Fsp3) is 0.524. The average molecular weight is 404 g/mol. The van der Waals surface area contributed by atoms with Crippen LogP contribution in [0.2, 0.25) is 0 Å². The van der Waals surface area contributed by atoms with E-state index in [1.54, 1.807) is 18.5 Å². The van der Waals surface area contributed by atoms with Crippen molar-refractivity contribution in [3.05, 3.63) is 41.7 Å². The summed E-state index contributed by atoms with van der Waals surface area (Å²) in [5.41, 5.74) is 2.11.